The van der Waals surface area contributed by atoms with Crippen LogP contribution in [0.3, 0.4) is 0 Å². The molecule has 2 rings (SSSR count). The Labute approximate surface area is 96.4 Å². The van der Waals surface area contributed by atoms with Crippen LogP contribution in [0.15, 0.2) is 24.3 Å². The van der Waals surface area contributed by atoms with Crippen LogP contribution in [0.4, 0.5) is 0 Å². The van der Waals surface area contributed by atoms with E-state index in [4.69, 9.17) is 21.4 Å². The Morgan fingerprint density at radius 1 is 1.50 bits per heavy atom. The summed E-state index contributed by atoms with van der Waals surface area (Å²) in [4.78, 5) is 14.9. The van der Waals surface area contributed by atoms with Crippen molar-refractivity contribution in [2.75, 3.05) is 7.11 Å². The zero-order valence-electron chi connectivity index (χ0n) is 8.40. The highest BCUT2D eigenvalue weighted by molar-refractivity contribution is 6.32. The van der Waals surface area contributed by atoms with Crippen molar-refractivity contribution in [3.63, 3.8) is 0 Å². The fourth-order valence-electron chi connectivity index (χ4n) is 1.47. The number of halogens is 1. The molecule has 82 valence electrons. The van der Waals surface area contributed by atoms with Crippen LogP contribution in [0.5, 0.6) is 5.75 Å². The third-order valence-electron chi connectivity index (χ3n) is 2.22. The zero-order valence-corrected chi connectivity index (χ0v) is 9.15. The number of benzene rings is 1. The predicted molar refractivity (Wildman–Crippen MR) is 60.3 cm³/mol. The lowest BCUT2D eigenvalue weighted by Crippen LogP contribution is -2.00. The molecule has 0 saturated carbocycles. The molecule has 2 aromatic rings. The molecule has 5 heteroatoms. The van der Waals surface area contributed by atoms with Gasteiger partial charge in [-0.25, -0.2) is 9.78 Å². The fraction of sp³-hybridized carbons (Fsp3) is 0.0909. The molecule has 16 heavy (non-hydrogen) atoms. The fourth-order valence-corrected chi connectivity index (χ4v) is 1.70. The Bertz CT molecular complexity index is 568. The van der Waals surface area contributed by atoms with E-state index in [0.717, 1.165) is 0 Å². The minimum absolute atomic E-state index is 0.0201. The lowest BCUT2D eigenvalue weighted by Gasteiger charge is -2.06. The van der Waals surface area contributed by atoms with Crippen LogP contribution < -0.4 is 4.74 Å². The van der Waals surface area contributed by atoms with E-state index in [1.807, 2.05) is 0 Å². The topological polar surface area (TPSA) is 59.4 Å². The normalized spacial score (nSPS) is 10.4. The monoisotopic (exact) mass is 237 g/mol. The first-order valence-corrected chi connectivity index (χ1v) is 4.88. The van der Waals surface area contributed by atoms with Gasteiger partial charge in [0.2, 0.25) is 0 Å². The molecular formula is C11H8ClNO3. The third kappa shape index (κ3) is 1.67. The Morgan fingerprint density at radius 3 is 2.88 bits per heavy atom. The standard InChI is InChI=1S/C11H8ClNO3/c1-16-9-4-2-3-8-6(9)5-7(11(14)15)10(12)13-8/h2-5H,1H3,(H,14,15). The van der Waals surface area contributed by atoms with Crippen molar-refractivity contribution in [3.8, 4) is 5.75 Å². The largest absolute Gasteiger partial charge is 0.496 e. The van der Waals surface area contributed by atoms with Crippen molar-refractivity contribution in [2.24, 2.45) is 0 Å². The summed E-state index contributed by atoms with van der Waals surface area (Å²) in [7, 11) is 1.52. The van der Waals surface area contributed by atoms with Gasteiger partial charge in [0.25, 0.3) is 0 Å². The van der Waals surface area contributed by atoms with Gasteiger partial charge in [0, 0.05) is 5.39 Å². The Morgan fingerprint density at radius 2 is 2.25 bits per heavy atom. The molecular weight excluding hydrogens is 230 g/mol. The van der Waals surface area contributed by atoms with E-state index in [-0.39, 0.29) is 10.7 Å². The highest BCUT2D eigenvalue weighted by atomic mass is 35.5. The minimum atomic E-state index is -1.11. The van der Waals surface area contributed by atoms with Crippen LogP contribution >= 0.6 is 11.6 Å². The second-order valence-corrected chi connectivity index (χ2v) is 3.52. The summed E-state index contributed by atoms with van der Waals surface area (Å²) in [5.41, 5.74) is 0.577. The molecule has 1 N–H and O–H groups in total. The summed E-state index contributed by atoms with van der Waals surface area (Å²) in [6.07, 6.45) is 0. The molecule has 0 radical (unpaired) electrons. The Balaban J connectivity index is 2.80. The average Bonchev–Trinajstić information content (AvgIpc) is 2.26. The molecule has 1 aromatic heterocycles. The van der Waals surface area contributed by atoms with E-state index < -0.39 is 5.97 Å². The van der Waals surface area contributed by atoms with Gasteiger partial charge in [0.1, 0.15) is 10.9 Å². The predicted octanol–water partition coefficient (Wildman–Crippen LogP) is 2.60. The summed E-state index contributed by atoms with van der Waals surface area (Å²) in [5, 5.41) is 9.53. The maximum absolute atomic E-state index is 10.9. The first kappa shape index (κ1) is 10.7. The third-order valence-corrected chi connectivity index (χ3v) is 2.51. The number of pyridine rings is 1. The summed E-state index contributed by atoms with van der Waals surface area (Å²) in [5.74, 6) is -0.533. The number of carbonyl (C=O) groups is 1. The molecule has 0 bridgehead atoms. The average molecular weight is 238 g/mol. The Hall–Kier alpha value is -1.81. The van der Waals surface area contributed by atoms with Crippen molar-refractivity contribution in [2.45, 2.75) is 0 Å². The lowest BCUT2D eigenvalue weighted by molar-refractivity contribution is 0.0697. The number of carboxylic acids is 1. The van der Waals surface area contributed by atoms with Gasteiger partial charge in [0.05, 0.1) is 18.2 Å². The lowest BCUT2D eigenvalue weighted by atomic mass is 10.1. The molecule has 1 heterocycles. The number of methoxy groups -OCH3 is 1. The van der Waals surface area contributed by atoms with Crippen molar-refractivity contribution in [3.05, 3.63) is 35.0 Å². The second kappa shape index (κ2) is 3.98. The summed E-state index contributed by atoms with van der Waals surface area (Å²) in [6.45, 7) is 0. The van der Waals surface area contributed by atoms with Gasteiger partial charge in [-0.15, -0.1) is 0 Å². The number of carboxylic acid groups (broad SMARTS) is 1. The number of hydrogen-bond acceptors (Lipinski definition) is 3. The maximum atomic E-state index is 10.9. The van der Waals surface area contributed by atoms with Gasteiger partial charge in [0.15, 0.2) is 0 Å². The van der Waals surface area contributed by atoms with Crippen LogP contribution in [-0.2, 0) is 0 Å². The molecule has 0 aliphatic rings. The van der Waals surface area contributed by atoms with Crippen LogP contribution in [0.2, 0.25) is 5.15 Å². The molecule has 1 aromatic carbocycles. The van der Waals surface area contributed by atoms with E-state index in [0.29, 0.717) is 16.7 Å². The molecule has 0 atom stereocenters. The van der Waals surface area contributed by atoms with E-state index in [2.05, 4.69) is 4.98 Å². The van der Waals surface area contributed by atoms with E-state index in [1.165, 1.54) is 13.2 Å². The van der Waals surface area contributed by atoms with Gasteiger partial charge in [-0.3, -0.25) is 0 Å². The van der Waals surface area contributed by atoms with Crippen molar-refractivity contribution in [1.82, 2.24) is 4.98 Å². The number of fused-ring (bicyclic) bond motifs is 1. The number of hydrogen-bond donors (Lipinski definition) is 1. The highest BCUT2D eigenvalue weighted by Crippen LogP contribution is 2.27. The molecule has 0 aliphatic carbocycles. The second-order valence-electron chi connectivity index (χ2n) is 3.16. The number of aromatic nitrogens is 1. The molecule has 0 amide bonds. The van der Waals surface area contributed by atoms with E-state index in [9.17, 15) is 4.79 Å². The smallest absolute Gasteiger partial charge is 0.338 e. The molecule has 4 nitrogen and oxygen atoms in total. The quantitative estimate of drug-likeness (QED) is 0.816. The summed E-state index contributed by atoms with van der Waals surface area (Å²) < 4.78 is 5.13. The number of aromatic carboxylic acids is 1. The van der Waals surface area contributed by atoms with Crippen molar-refractivity contribution < 1.29 is 14.6 Å². The number of rotatable bonds is 2. The van der Waals surface area contributed by atoms with Crippen LogP contribution in [-0.4, -0.2) is 23.2 Å². The number of nitrogens with zero attached hydrogens (tertiary/aromatic N) is 1. The van der Waals surface area contributed by atoms with E-state index >= 15 is 0 Å². The van der Waals surface area contributed by atoms with Crippen LogP contribution in [0.1, 0.15) is 10.4 Å². The summed E-state index contributed by atoms with van der Waals surface area (Å²) >= 11 is 5.76. The van der Waals surface area contributed by atoms with Gasteiger partial charge >= 0.3 is 5.97 Å². The molecule has 0 spiro atoms. The SMILES string of the molecule is COc1cccc2nc(Cl)c(C(=O)O)cc12. The van der Waals surface area contributed by atoms with Gasteiger partial charge in [-0.05, 0) is 18.2 Å². The van der Waals surface area contributed by atoms with Crippen molar-refractivity contribution in [1.29, 1.82) is 0 Å². The van der Waals surface area contributed by atoms with E-state index in [1.54, 1.807) is 18.2 Å². The first-order valence-electron chi connectivity index (χ1n) is 4.50. The van der Waals surface area contributed by atoms with Gasteiger partial charge in [-0.2, -0.15) is 0 Å². The molecule has 0 saturated heterocycles. The zero-order chi connectivity index (χ0) is 11.7. The van der Waals surface area contributed by atoms with Crippen LogP contribution in [0.25, 0.3) is 10.9 Å². The Kier molecular flexibility index (Phi) is 2.66. The maximum Gasteiger partial charge on any atom is 0.338 e. The number of ether oxygens (including phenoxy) is 1. The van der Waals surface area contributed by atoms with Gasteiger partial charge in [-0.1, -0.05) is 17.7 Å². The molecule has 0 unspecified atom stereocenters. The minimum Gasteiger partial charge on any atom is -0.496 e. The summed E-state index contributed by atoms with van der Waals surface area (Å²) in [6, 6.07) is 6.72. The van der Waals surface area contributed by atoms with Crippen LogP contribution in [0, 0.1) is 0 Å². The van der Waals surface area contributed by atoms with Crippen molar-refractivity contribution >= 4 is 28.5 Å². The molecule has 0 aliphatic heterocycles. The highest BCUT2D eigenvalue weighted by Gasteiger charge is 2.13. The molecule has 0 fully saturated rings. The van der Waals surface area contributed by atoms with Gasteiger partial charge < -0.3 is 9.84 Å². The first-order chi connectivity index (χ1) is 7.63.